The van der Waals surface area contributed by atoms with Gasteiger partial charge in [-0.1, -0.05) is 12.1 Å². The summed E-state index contributed by atoms with van der Waals surface area (Å²) in [5.74, 6) is -0.282. The van der Waals surface area contributed by atoms with Crippen molar-refractivity contribution in [2.75, 3.05) is 5.32 Å². The summed E-state index contributed by atoms with van der Waals surface area (Å²) in [6, 6.07) is 5.95. The molecular formula is C11H12N2O2S. The number of rotatable bonds is 2. The second-order valence-corrected chi connectivity index (χ2v) is 4.82. The molecule has 1 aliphatic rings. The lowest BCUT2D eigenvalue weighted by atomic mass is 10.1. The number of hydrogen-bond acceptors (Lipinski definition) is 4. The predicted octanol–water partition coefficient (Wildman–Crippen LogP) is 2.02. The minimum atomic E-state index is -0.520. The van der Waals surface area contributed by atoms with Crippen molar-refractivity contribution < 1.29 is 9.59 Å². The summed E-state index contributed by atoms with van der Waals surface area (Å²) in [5.41, 5.74) is 3.06. The Kier molecular flexibility index (Phi) is 2.87. The summed E-state index contributed by atoms with van der Waals surface area (Å²) < 4.78 is 0. The molecule has 2 N–H and O–H groups in total. The molecular weight excluding hydrogens is 224 g/mol. The van der Waals surface area contributed by atoms with Gasteiger partial charge in [-0.2, -0.15) is 0 Å². The van der Waals surface area contributed by atoms with Crippen molar-refractivity contribution in [1.82, 2.24) is 5.32 Å². The average molecular weight is 236 g/mol. The highest BCUT2D eigenvalue weighted by molar-refractivity contribution is 8.15. The number of carbonyl (C=O) groups excluding carboxylic acids is 2. The third-order valence-electron chi connectivity index (χ3n) is 2.37. The zero-order valence-electron chi connectivity index (χ0n) is 9.03. The highest BCUT2D eigenvalue weighted by Gasteiger charge is 2.31. The van der Waals surface area contributed by atoms with E-state index in [-0.39, 0.29) is 11.1 Å². The van der Waals surface area contributed by atoms with Gasteiger partial charge in [0.2, 0.25) is 0 Å². The van der Waals surface area contributed by atoms with Crippen LogP contribution in [-0.2, 0) is 4.79 Å². The SMILES string of the molecule is Cc1ccc(C)c(N[C@H]2SC(=O)NC2=O)c1. The highest BCUT2D eigenvalue weighted by Crippen LogP contribution is 2.24. The Morgan fingerprint density at radius 1 is 1.31 bits per heavy atom. The van der Waals surface area contributed by atoms with Crippen LogP contribution in [-0.4, -0.2) is 16.5 Å². The smallest absolute Gasteiger partial charge is 0.288 e. The molecule has 0 aromatic heterocycles. The zero-order valence-corrected chi connectivity index (χ0v) is 9.85. The number of anilines is 1. The fourth-order valence-electron chi connectivity index (χ4n) is 1.48. The van der Waals surface area contributed by atoms with Crippen LogP contribution in [0.25, 0.3) is 0 Å². The molecule has 2 amide bonds. The zero-order chi connectivity index (χ0) is 11.7. The van der Waals surface area contributed by atoms with Gasteiger partial charge in [-0.15, -0.1) is 0 Å². The van der Waals surface area contributed by atoms with E-state index < -0.39 is 5.37 Å². The molecule has 0 bridgehead atoms. The van der Waals surface area contributed by atoms with Crippen LogP contribution in [0.5, 0.6) is 0 Å². The molecule has 0 saturated carbocycles. The largest absolute Gasteiger partial charge is 0.365 e. The van der Waals surface area contributed by atoms with E-state index in [1.807, 2.05) is 32.0 Å². The normalized spacial score (nSPS) is 19.8. The Labute approximate surface area is 97.8 Å². The number of aryl methyl sites for hydroxylation is 2. The van der Waals surface area contributed by atoms with Crippen molar-refractivity contribution in [1.29, 1.82) is 0 Å². The monoisotopic (exact) mass is 236 g/mol. The van der Waals surface area contributed by atoms with E-state index in [9.17, 15) is 9.59 Å². The third-order valence-corrected chi connectivity index (χ3v) is 3.25. The number of imide groups is 1. The second-order valence-electron chi connectivity index (χ2n) is 3.74. The molecule has 2 rings (SSSR count). The van der Waals surface area contributed by atoms with Gasteiger partial charge in [0.1, 0.15) is 0 Å². The Morgan fingerprint density at radius 2 is 2.06 bits per heavy atom. The van der Waals surface area contributed by atoms with Crippen LogP contribution in [0.3, 0.4) is 0 Å². The lowest BCUT2D eigenvalue weighted by Gasteiger charge is -2.13. The van der Waals surface area contributed by atoms with E-state index in [1.165, 1.54) is 0 Å². The van der Waals surface area contributed by atoms with E-state index in [0.717, 1.165) is 28.6 Å². The van der Waals surface area contributed by atoms with Crippen LogP contribution in [0.15, 0.2) is 18.2 Å². The van der Waals surface area contributed by atoms with Crippen molar-refractivity contribution in [2.45, 2.75) is 19.2 Å². The van der Waals surface area contributed by atoms with Gasteiger partial charge in [0.15, 0.2) is 5.37 Å². The molecule has 0 aliphatic carbocycles. The first-order valence-corrected chi connectivity index (χ1v) is 5.79. The van der Waals surface area contributed by atoms with Gasteiger partial charge >= 0.3 is 0 Å². The minimum Gasteiger partial charge on any atom is -0.365 e. The molecule has 5 heteroatoms. The Bertz CT molecular complexity index is 459. The van der Waals surface area contributed by atoms with Crippen molar-refractivity contribution in [2.24, 2.45) is 0 Å². The van der Waals surface area contributed by atoms with Gasteiger partial charge in [0.25, 0.3) is 11.1 Å². The van der Waals surface area contributed by atoms with E-state index in [2.05, 4.69) is 10.6 Å². The predicted molar refractivity (Wildman–Crippen MR) is 64.5 cm³/mol. The van der Waals surface area contributed by atoms with Crippen molar-refractivity contribution >= 4 is 28.6 Å². The summed E-state index contributed by atoms with van der Waals surface area (Å²) in [6.07, 6.45) is 0. The maximum atomic E-state index is 11.4. The number of carbonyl (C=O) groups is 2. The fraction of sp³-hybridized carbons (Fsp3) is 0.273. The van der Waals surface area contributed by atoms with Crippen LogP contribution < -0.4 is 10.6 Å². The van der Waals surface area contributed by atoms with Crippen molar-refractivity contribution in [3.8, 4) is 0 Å². The Morgan fingerprint density at radius 3 is 2.69 bits per heavy atom. The first-order valence-electron chi connectivity index (χ1n) is 4.91. The Hall–Kier alpha value is -1.49. The molecule has 1 aromatic rings. The molecule has 0 spiro atoms. The van der Waals surface area contributed by atoms with Gasteiger partial charge in [0.05, 0.1) is 0 Å². The van der Waals surface area contributed by atoms with Crippen LogP contribution in [0, 0.1) is 13.8 Å². The van der Waals surface area contributed by atoms with Gasteiger partial charge in [-0.05, 0) is 42.8 Å². The van der Waals surface area contributed by atoms with Crippen LogP contribution in [0.2, 0.25) is 0 Å². The highest BCUT2D eigenvalue weighted by atomic mass is 32.2. The number of thioether (sulfide) groups is 1. The molecule has 1 aromatic carbocycles. The van der Waals surface area contributed by atoms with E-state index in [1.54, 1.807) is 0 Å². The molecule has 84 valence electrons. The summed E-state index contributed by atoms with van der Waals surface area (Å²) in [5, 5.41) is 4.49. The van der Waals surface area contributed by atoms with Crippen LogP contribution in [0.1, 0.15) is 11.1 Å². The summed E-state index contributed by atoms with van der Waals surface area (Å²) in [7, 11) is 0. The van der Waals surface area contributed by atoms with Gasteiger partial charge in [-0.3, -0.25) is 14.9 Å². The first-order chi connectivity index (χ1) is 7.56. The Balaban J connectivity index is 2.18. The standard InChI is InChI=1S/C11H12N2O2S/c1-6-3-4-7(2)8(5-6)12-10-9(14)13-11(15)16-10/h3-5,10,12H,1-2H3,(H,13,14,15)/t10-/m0/s1. The maximum Gasteiger partial charge on any atom is 0.288 e. The summed E-state index contributed by atoms with van der Waals surface area (Å²) in [4.78, 5) is 22.4. The van der Waals surface area contributed by atoms with Crippen molar-refractivity contribution in [3.63, 3.8) is 0 Å². The molecule has 1 heterocycles. The maximum absolute atomic E-state index is 11.4. The molecule has 1 fully saturated rings. The lowest BCUT2D eigenvalue weighted by Crippen LogP contribution is -2.29. The molecule has 0 unspecified atom stereocenters. The van der Waals surface area contributed by atoms with Gasteiger partial charge in [-0.25, -0.2) is 0 Å². The number of amides is 2. The topological polar surface area (TPSA) is 58.2 Å². The first kappa shape index (κ1) is 11.0. The third kappa shape index (κ3) is 2.19. The molecule has 1 aliphatic heterocycles. The van der Waals surface area contributed by atoms with E-state index >= 15 is 0 Å². The summed E-state index contributed by atoms with van der Waals surface area (Å²) >= 11 is 0.972. The average Bonchev–Trinajstić information content (AvgIpc) is 2.51. The number of hydrogen-bond donors (Lipinski definition) is 2. The quantitative estimate of drug-likeness (QED) is 0.825. The fourth-order valence-corrected chi connectivity index (χ4v) is 2.21. The van der Waals surface area contributed by atoms with Crippen LogP contribution >= 0.6 is 11.8 Å². The molecule has 4 nitrogen and oxygen atoms in total. The van der Waals surface area contributed by atoms with Gasteiger partial charge in [0, 0.05) is 5.69 Å². The second kappa shape index (κ2) is 4.17. The lowest BCUT2D eigenvalue weighted by molar-refractivity contribution is -0.118. The van der Waals surface area contributed by atoms with E-state index in [0.29, 0.717) is 0 Å². The van der Waals surface area contributed by atoms with Crippen LogP contribution in [0.4, 0.5) is 10.5 Å². The molecule has 16 heavy (non-hydrogen) atoms. The van der Waals surface area contributed by atoms with E-state index in [4.69, 9.17) is 0 Å². The number of nitrogens with one attached hydrogen (secondary N) is 2. The molecule has 1 saturated heterocycles. The van der Waals surface area contributed by atoms with Crippen molar-refractivity contribution in [3.05, 3.63) is 29.3 Å². The van der Waals surface area contributed by atoms with Gasteiger partial charge < -0.3 is 5.32 Å². The molecule has 0 radical (unpaired) electrons. The summed E-state index contributed by atoms with van der Waals surface area (Å²) in [6.45, 7) is 3.94. The number of benzene rings is 1. The molecule has 1 atom stereocenters. The minimum absolute atomic E-state index is 0.282.